The molecule has 2 aliphatic rings. The number of ether oxygens (including phenoxy) is 1. The number of nitrogens with one attached hydrogen (secondary N) is 2. The van der Waals surface area contributed by atoms with Crippen LogP contribution in [0, 0.1) is 0 Å². The lowest BCUT2D eigenvalue weighted by molar-refractivity contribution is 0.122. The van der Waals surface area contributed by atoms with Crippen molar-refractivity contribution in [2.45, 2.75) is 37.5 Å². The van der Waals surface area contributed by atoms with Gasteiger partial charge in [-0.15, -0.1) is 0 Å². The molecular weight excluding hydrogens is 408 g/mol. The van der Waals surface area contributed by atoms with Crippen LogP contribution in [0.15, 0.2) is 12.3 Å². The van der Waals surface area contributed by atoms with Crippen molar-refractivity contribution in [3.05, 3.63) is 18.0 Å². The third kappa shape index (κ3) is 4.99. The van der Waals surface area contributed by atoms with Gasteiger partial charge in [0.15, 0.2) is 11.0 Å². The average molecular weight is 435 g/mol. The SMILES string of the molecule is CSC(C)(C)c1cc(N2CCOCC2)nc(-c2cnc(NC(=O)NC3CC3)s2)n1. The topological polar surface area (TPSA) is 92.3 Å². The number of anilines is 2. The number of hydrogen-bond donors (Lipinski definition) is 2. The molecule has 4 rings (SSSR count). The van der Waals surface area contributed by atoms with Crippen molar-refractivity contribution in [3.8, 4) is 10.7 Å². The lowest BCUT2D eigenvalue weighted by atomic mass is 10.1. The van der Waals surface area contributed by atoms with Crippen LogP contribution in [-0.2, 0) is 9.48 Å². The van der Waals surface area contributed by atoms with E-state index in [-0.39, 0.29) is 10.8 Å². The highest BCUT2D eigenvalue weighted by Crippen LogP contribution is 2.36. The molecule has 2 N–H and O–H groups in total. The van der Waals surface area contributed by atoms with E-state index >= 15 is 0 Å². The van der Waals surface area contributed by atoms with Crippen molar-refractivity contribution in [1.82, 2.24) is 20.3 Å². The smallest absolute Gasteiger partial charge is 0.321 e. The molecule has 156 valence electrons. The first-order valence-corrected chi connectivity index (χ1v) is 11.8. The number of rotatable bonds is 6. The molecule has 0 atom stereocenters. The van der Waals surface area contributed by atoms with E-state index in [9.17, 15) is 4.79 Å². The van der Waals surface area contributed by atoms with Crippen LogP contribution in [0.25, 0.3) is 10.7 Å². The molecule has 0 spiro atoms. The Morgan fingerprint density at radius 3 is 2.76 bits per heavy atom. The fourth-order valence-electron chi connectivity index (χ4n) is 2.89. The number of morpholine rings is 1. The van der Waals surface area contributed by atoms with E-state index in [0.717, 1.165) is 42.3 Å². The van der Waals surface area contributed by atoms with E-state index in [1.54, 1.807) is 18.0 Å². The number of amides is 2. The molecule has 3 heterocycles. The summed E-state index contributed by atoms with van der Waals surface area (Å²) in [7, 11) is 0. The standard InChI is InChI=1S/C19H26N6O2S2/c1-19(2,28-3)14-10-15(25-6-8-27-9-7-25)23-16(22-14)13-11-20-18(29-13)24-17(26)21-12-4-5-12/h10-12H,4-9H2,1-3H3,(H2,20,21,24,26). The maximum Gasteiger partial charge on any atom is 0.321 e. The summed E-state index contributed by atoms with van der Waals surface area (Å²) >= 11 is 3.14. The second kappa shape index (κ2) is 8.45. The van der Waals surface area contributed by atoms with E-state index in [0.29, 0.717) is 30.2 Å². The number of thiazole rings is 1. The predicted octanol–water partition coefficient (Wildman–Crippen LogP) is 3.32. The Morgan fingerprint density at radius 2 is 2.07 bits per heavy atom. The third-order valence-corrected chi connectivity index (χ3v) is 7.17. The first-order valence-electron chi connectivity index (χ1n) is 9.76. The van der Waals surface area contributed by atoms with Crippen LogP contribution in [0.4, 0.5) is 15.7 Å². The summed E-state index contributed by atoms with van der Waals surface area (Å²) in [4.78, 5) is 29.1. The molecular formula is C19H26N6O2S2. The number of aromatic nitrogens is 3. The van der Waals surface area contributed by atoms with Crippen molar-refractivity contribution in [2.24, 2.45) is 0 Å². The van der Waals surface area contributed by atoms with E-state index in [4.69, 9.17) is 14.7 Å². The van der Waals surface area contributed by atoms with Crippen LogP contribution < -0.4 is 15.5 Å². The summed E-state index contributed by atoms with van der Waals surface area (Å²) in [5, 5.41) is 6.26. The molecule has 1 aliphatic heterocycles. The average Bonchev–Trinajstić information content (AvgIpc) is 3.42. The van der Waals surface area contributed by atoms with Gasteiger partial charge in [0.2, 0.25) is 0 Å². The van der Waals surface area contributed by atoms with Gasteiger partial charge in [-0.3, -0.25) is 5.32 Å². The van der Waals surface area contributed by atoms with Gasteiger partial charge in [0.05, 0.1) is 34.7 Å². The zero-order valence-corrected chi connectivity index (χ0v) is 18.5. The Balaban J connectivity index is 1.61. The first-order chi connectivity index (χ1) is 13.9. The van der Waals surface area contributed by atoms with Gasteiger partial charge in [-0.05, 0) is 32.9 Å². The van der Waals surface area contributed by atoms with Crippen molar-refractivity contribution in [2.75, 3.05) is 42.8 Å². The second-order valence-corrected chi connectivity index (χ2v) is 10.1. The summed E-state index contributed by atoms with van der Waals surface area (Å²) < 4.78 is 5.34. The highest BCUT2D eigenvalue weighted by atomic mass is 32.2. The third-order valence-electron chi connectivity index (χ3n) is 5.03. The van der Waals surface area contributed by atoms with Crippen LogP contribution in [0.5, 0.6) is 0 Å². The molecule has 2 aromatic heterocycles. The highest BCUT2D eigenvalue weighted by molar-refractivity contribution is 7.99. The van der Waals surface area contributed by atoms with Gasteiger partial charge in [0, 0.05) is 25.2 Å². The molecule has 2 fully saturated rings. The van der Waals surface area contributed by atoms with Crippen LogP contribution >= 0.6 is 23.1 Å². The monoisotopic (exact) mass is 434 g/mol. The van der Waals surface area contributed by atoms with E-state index in [1.807, 2.05) is 0 Å². The minimum absolute atomic E-state index is 0.144. The summed E-state index contributed by atoms with van der Waals surface area (Å²) in [5.41, 5.74) is 0.978. The number of nitrogens with zero attached hydrogens (tertiary/aromatic N) is 4. The predicted molar refractivity (Wildman–Crippen MR) is 118 cm³/mol. The summed E-state index contributed by atoms with van der Waals surface area (Å²) in [6.45, 7) is 7.35. The molecule has 0 aromatic carbocycles. The summed E-state index contributed by atoms with van der Waals surface area (Å²) in [5.74, 6) is 1.55. The Hall–Kier alpha value is -1.91. The molecule has 1 aliphatic carbocycles. The Kier molecular flexibility index (Phi) is 5.93. The van der Waals surface area contributed by atoms with Crippen LogP contribution in [0.3, 0.4) is 0 Å². The number of hydrogen-bond acceptors (Lipinski definition) is 8. The summed E-state index contributed by atoms with van der Waals surface area (Å²) in [6, 6.07) is 2.18. The van der Waals surface area contributed by atoms with Crippen molar-refractivity contribution in [1.29, 1.82) is 0 Å². The van der Waals surface area contributed by atoms with Gasteiger partial charge < -0.3 is 15.0 Å². The lowest BCUT2D eigenvalue weighted by Crippen LogP contribution is -2.37. The molecule has 1 saturated carbocycles. The van der Waals surface area contributed by atoms with Gasteiger partial charge in [-0.1, -0.05) is 11.3 Å². The maximum atomic E-state index is 12.0. The molecule has 1 saturated heterocycles. The minimum Gasteiger partial charge on any atom is -0.378 e. The van der Waals surface area contributed by atoms with Crippen molar-refractivity contribution >= 4 is 40.1 Å². The van der Waals surface area contributed by atoms with Crippen LogP contribution in [0.2, 0.25) is 0 Å². The molecule has 10 heteroatoms. The van der Waals surface area contributed by atoms with Crippen LogP contribution in [0.1, 0.15) is 32.4 Å². The number of carbonyl (C=O) groups excluding carboxylic acids is 1. The molecule has 2 amide bonds. The first kappa shape index (κ1) is 20.4. The Morgan fingerprint density at radius 1 is 1.31 bits per heavy atom. The van der Waals surface area contributed by atoms with Gasteiger partial charge in [-0.2, -0.15) is 11.8 Å². The Labute approximate surface area is 178 Å². The van der Waals surface area contributed by atoms with Crippen molar-refractivity contribution < 1.29 is 9.53 Å². The quantitative estimate of drug-likeness (QED) is 0.720. The summed E-state index contributed by atoms with van der Waals surface area (Å²) in [6.07, 6.45) is 5.91. The zero-order chi connectivity index (χ0) is 20.4. The van der Waals surface area contributed by atoms with E-state index in [2.05, 4.69) is 46.7 Å². The number of urea groups is 1. The normalized spacial score (nSPS) is 17.3. The largest absolute Gasteiger partial charge is 0.378 e. The molecule has 0 bridgehead atoms. The molecule has 29 heavy (non-hydrogen) atoms. The van der Waals surface area contributed by atoms with Gasteiger partial charge in [0.25, 0.3) is 0 Å². The molecule has 0 radical (unpaired) electrons. The van der Waals surface area contributed by atoms with Crippen molar-refractivity contribution in [3.63, 3.8) is 0 Å². The molecule has 0 unspecified atom stereocenters. The lowest BCUT2D eigenvalue weighted by Gasteiger charge is -2.30. The van der Waals surface area contributed by atoms with E-state index < -0.39 is 0 Å². The number of carbonyl (C=O) groups is 1. The zero-order valence-electron chi connectivity index (χ0n) is 16.9. The highest BCUT2D eigenvalue weighted by Gasteiger charge is 2.26. The fourth-order valence-corrected chi connectivity index (χ4v) is 3.95. The number of thioether (sulfide) groups is 1. The molecule has 2 aromatic rings. The van der Waals surface area contributed by atoms with Gasteiger partial charge >= 0.3 is 6.03 Å². The van der Waals surface area contributed by atoms with Gasteiger partial charge in [0.1, 0.15) is 5.82 Å². The van der Waals surface area contributed by atoms with Gasteiger partial charge in [-0.25, -0.2) is 19.7 Å². The maximum absolute atomic E-state index is 12.0. The molecule has 8 nitrogen and oxygen atoms in total. The minimum atomic E-state index is -0.208. The second-order valence-electron chi connectivity index (χ2n) is 7.65. The Bertz CT molecular complexity index is 877. The fraction of sp³-hybridized carbons (Fsp3) is 0.579. The van der Waals surface area contributed by atoms with E-state index in [1.165, 1.54) is 11.3 Å². The van der Waals surface area contributed by atoms with Crippen LogP contribution in [-0.4, -0.2) is 59.6 Å².